The van der Waals surface area contributed by atoms with Gasteiger partial charge in [-0.3, -0.25) is 4.90 Å². The Balaban J connectivity index is 1.73. The van der Waals surface area contributed by atoms with Crippen molar-refractivity contribution in [3.63, 3.8) is 0 Å². The Morgan fingerprint density at radius 1 is 1.18 bits per heavy atom. The van der Waals surface area contributed by atoms with E-state index in [1.54, 1.807) is 7.11 Å². The number of carbonyl (C=O) groups excluding carboxylic acids is 1. The zero-order valence-corrected chi connectivity index (χ0v) is 13.8. The molecule has 22 heavy (non-hydrogen) atoms. The second-order valence-electron chi connectivity index (χ2n) is 6.19. The zero-order chi connectivity index (χ0) is 15.9. The van der Waals surface area contributed by atoms with E-state index < -0.39 is 0 Å². The van der Waals surface area contributed by atoms with E-state index in [0.29, 0.717) is 12.5 Å². The van der Waals surface area contributed by atoms with E-state index in [0.717, 1.165) is 44.0 Å². The third kappa shape index (κ3) is 4.91. The summed E-state index contributed by atoms with van der Waals surface area (Å²) in [6, 6.07) is 7.79. The van der Waals surface area contributed by atoms with Crippen LogP contribution in [0, 0.1) is 5.92 Å². The van der Waals surface area contributed by atoms with Gasteiger partial charge >= 0.3 is 6.03 Å². The predicted octanol–water partition coefficient (Wildman–Crippen LogP) is 2.18. The van der Waals surface area contributed by atoms with Gasteiger partial charge in [-0.25, -0.2) is 4.79 Å². The second-order valence-corrected chi connectivity index (χ2v) is 6.19. The Labute approximate surface area is 133 Å². The van der Waals surface area contributed by atoms with E-state index in [9.17, 15) is 4.79 Å². The molecule has 5 heteroatoms. The van der Waals surface area contributed by atoms with Gasteiger partial charge in [0.1, 0.15) is 5.75 Å². The highest BCUT2D eigenvalue weighted by Gasteiger charge is 2.20. The summed E-state index contributed by atoms with van der Waals surface area (Å²) in [4.78, 5) is 16.5. The molecule has 0 aromatic heterocycles. The van der Waals surface area contributed by atoms with Crippen molar-refractivity contribution < 1.29 is 9.53 Å². The Kier molecular flexibility index (Phi) is 6.07. The van der Waals surface area contributed by atoms with E-state index in [1.165, 1.54) is 0 Å². The molecule has 1 heterocycles. The summed E-state index contributed by atoms with van der Waals surface area (Å²) in [5.41, 5.74) is 1.08. The average molecular weight is 305 g/mol. The van der Waals surface area contributed by atoms with Crippen molar-refractivity contribution in [2.24, 2.45) is 5.92 Å². The number of benzene rings is 1. The molecule has 1 aliphatic heterocycles. The van der Waals surface area contributed by atoms with Crippen molar-refractivity contribution in [1.82, 2.24) is 15.1 Å². The number of methoxy groups -OCH3 is 1. The summed E-state index contributed by atoms with van der Waals surface area (Å²) in [5, 5.41) is 2.99. The smallest absolute Gasteiger partial charge is 0.317 e. The summed E-state index contributed by atoms with van der Waals surface area (Å²) >= 11 is 0. The normalized spacial score (nSPS) is 15.9. The number of piperazine rings is 1. The van der Waals surface area contributed by atoms with Crippen LogP contribution in [0.15, 0.2) is 24.3 Å². The monoisotopic (exact) mass is 305 g/mol. The molecule has 1 aromatic carbocycles. The van der Waals surface area contributed by atoms with E-state index in [1.807, 2.05) is 29.2 Å². The van der Waals surface area contributed by atoms with Crippen LogP contribution in [-0.2, 0) is 6.54 Å². The number of nitrogens with one attached hydrogen (secondary N) is 1. The van der Waals surface area contributed by atoms with Gasteiger partial charge in [0.25, 0.3) is 0 Å². The van der Waals surface area contributed by atoms with Gasteiger partial charge in [0.2, 0.25) is 0 Å². The van der Waals surface area contributed by atoms with Crippen molar-refractivity contribution in [2.45, 2.75) is 20.4 Å². The number of urea groups is 1. The summed E-state index contributed by atoms with van der Waals surface area (Å²) < 4.78 is 5.13. The fraction of sp³-hybridized carbons (Fsp3) is 0.588. The molecule has 0 atom stereocenters. The van der Waals surface area contributed by atoms with Gasteiger partial charge in [-0.2, -0.15) is 0 Å². The Morgan fingerprint density at radius 3 is 2.36 bits per heavy atom. The number of ether oxygens (including phenoxy) is 1. The number of hydrogen-bond acceptors (Lipinski definition) is 3. The summed E-state index contributed by atoms with van der Waals surface area (Å²) in [7, 11) is 1.65. The Morgan fingerprint density at radius 2 is 1.82 bits per heavy atom. The topological polar surface area (TPSA) is 44.8 Å². The molecule has 0 bridgehead atoms. The van der Waals surface area contributed by atoms with Gasteiger partial charge in [0.15, 0.2) is 0 Å². The number of amides is 2. The van der Waals surface area contributed by atoms with Gasteiger partial charge in [-0.1, -0.05) is 26.0 Å². The highest BCUT2D eigenvalue weighted by molar-refractivity contribution is 5.74. The second kappa shape index (κ2) is 8.03. The minimum atomic E-state index is 0.0278. The summed E-state index contributed by atoms with van der Waals surface area (Å²) in [6.07, 6.45) is 0. The molecular weight excluding hydrogens is 278 g/mol. The molecule has 1 aliphatic rings. The Hall–Kier alpha value is -1.75. The van der Waals surface area contributed by atoms with Gasteiger partial charge in [-0.05, 0) is 23.6 Å². The van der Waals surface area contributed by atoms with Crippen molar-refractivity contribution in [3.05, 3.63) is 29.8 Å². The van der Waals surface area contributed by atoms with Crippen LogP contribution in [0.3, 0.4) is 0 Å². The number of hydrogen-bond donors (Lipinski definition) is 1. The van der Waals surface area contributed by atoms with Crippen LogP contribution < -0.4 is 10.1 Å². The third-order valence-corrected chi connectivity index (χ3v) is 3.89. The molecule has 0 saturated carbocycles. The molecule has 2 amide bonds. The standard InChI is InChI=1S/C17H27N3O2/c1-14(2)13-19-8-10-20(11-9-19)17(21)18-12-15-4-6-16(22-3)7-5-15/h4-7,14H,8-13H2,1-3H3,(H,18,21). The van der Waals surface area contributed by atoms with Crippen molar-refractivity contribution in [3.8, 4) is 5.75 Å². The molecular formula is C17H27N3O2. The molecule has 0 unspecified atom stereocenters. The fourth-order valence-electron chi connectivity index (χ4n) is 2.68. The minimum absolute atomic E-state index is 0.0278. The summed E-state index contributed by atoms with van der Waals surface area (Å²) in [6.45, 7) is 9.67. The fourth-order valence-corrected chi connectivity index (χ4v) is 2.68. The predicted molar refractivity (Wildman–Crippen MR) is 88.1 cm³/mol. The van der Waals surface area contributed by atoms with Gasteiger partial charge in [0, 0.05) is 39.3 Å². The first-order valence-corrected chi connectivity index (χ1v) is 7.96. The van der Waals surface area contributed by atoms with Crippen LogP contribution in [0.1, 0.15) is 19.4 Å². The first-order valence-electron chi connectivity index (χ1n) is 7.96. The van der Waals surface area contributed by atoms with Crippen molar-refractivity contribution >= 4 is 6.03 Å². The maximum Gasteiger partial charge on any atom is 0.317 e. The van der Waals surface area contributed by atoms with Crippen LogP contribution >= 0.6 is 0 Å². The maximum atomic E-state index is 12.2. The molecule has 5 nitrogen and oxygen atoms in total. The molecule has 2 rings (SSSR count). The van der Waals surface area contributed by atoms with E-state index in [2.05, 4.69) is 24.1 Å². The van der Waals surface area contributed by atoms with Crippen LogP contribution in [-0.4, -0.2) is 55.7 Å². The largest absolute Gasteiger partial charge is 0.497 e. The zero-order valence-electron chi connectivity index (χ0n) is 13.8. The molecule has 0 radical (unpaired) electrons. The van der Waals surface area contributed by atoms with E-state index >= 15 is 0 Å². The molecule has 0 aliphatic carbocycles. The third-order valence-electron chi connectivity index (χ3n) is 3.89. The maximum absolute atomic E-state index is 12.2. The highest BCUT2D eigenvalue weighted by Crippen LogP contribution is 2.11. The SMILES string of the molecule is COc1ccc(CNC(=O)N2CCN(CC(C)C)CC2)cc1. The molecule has 0 spiro atoms. The Bertz CT molecular complexity index is 465. The molecule has 1 N–H and O–H groups in total. The van der Waals surface area contributed by atoms with Crippen LogP contribution in [0.25, 0.3) is 0 Å². The lowest BCUT2D eigenvalue weighted by atomic mass is 10.2. The van der Waals surface area contributed by atoms with E-state index in [4.69, 9.17) is 4.74 Å². The lowest BCUT2D eigenvalue weighted by molar-refractivity contribution is 0.131. The molecule has 1 fully saturated rings. The summed E-state index contributed by atoms with van der Waals surface area (Å²) in [5.74, 6) is 1.51. The quantitative estimate of drug-likeness (QED) is 0.907. The minimum Gasteiger partial charge on any atom is -0.497 e. The average Bonchev–Trinajstić information content (AvgIpc) is 2.53. The number of rotatable bonds is 5. The molecule has 1 saturated heterocycles. The highest BCUT2D eigenvalue weighted by atomic mass is 16.5. The first kappa shape index (κ1) is 16.6. The lowest BCUT2D eigenvalue weighted by Gasteiger charge is -2.35. The van der Waals surface area contributed by atoms with E-state index in [-0.39, 0.29) is 6.03 Å². The molecule has 1 aromatic rings. The first-order chi connectivity index (χ1) is 10.6. The van der Waals surface area contributed by atoms with Crippen LogP contribution in [0.4, 0.5) is 4.79 Å². The van der Waals surface area contributed by atoms with Crippen LogP contribution in [0.5, 0.6) is 5.75 Å². The number of carbonyl (C=O) groups is 1. The lowest BCUT2D eigenvalue weighted by Crippen LogP contribution is -2.52. The molecule has 122 valence electrons. The van der Waals surface area contributed by atoms with Crippen LogP contribution in [0.2, 0.25) is 0 Å². The van der Waals surface area contributed by atoms with Gasteiger partial charge in [0.05, 0.1) is 7.11 Å². The van der Waals surface area contributed by atoms with Gasteiger partial charge in [-0.15, -0.1) is 0 Å². The number of nitrogens with zero attached hydrogens (tertiary/aromatic N) is 2. The van der Waals surface area contributed by atoms with Crippen molar-refractivity contribution in [2.75, 3.05) is 39.8 Å². The van der Waals surface area contributed by atoms with Gasteiger partial charge < -0.3 is 15.0 Å². The van der Waals surface area contributed by atoms with Crippen molar-refractivity contribution in [1.29, 1.82) is 0 Å².